The molecule has 2 fully saturated rings. The van der Waals surface area contributed by atoms with Crippen LogP contribution in [0.1, 0.15) is 68.6 Å². The standard InChI is InChI=1S/C17H27N3/c1-12(13-6-7-13)11-20-16-8-9-18-10-15(16)19-17(20)14-4-2-3-5-14/h12-14,18H,2-11H2,1H3. The van der Waals surface area contributed by atoms with E-state index < -0.39 is 0 Å². The zero-order valence-electron chi connectivity index (χ0n) is 12.7. The molecule has 3 aliphatic rings. The molecule has 0 spiro atoms. The van der Waals surface area contributed by atoms with E-state index in [2.05, 4.69) is 16.8 Å². The molecule has 1 atom stereocenters. The SMILES string of the molecule is CC(Cn1c(C2CCCC2)nc2c1CCNC2)C1CC1. The van der Waals surface area contributed by atoms with Gasteiger partial charge < -0.3 is 9.88 Å². The van der Waals surface area contributed by atoms with E-state index in [9.17, 15) is 0 Å². The van der Waals surface area contributed by atoms with Gasteiger partial charge in [0.2, 0.25) is 0 Å². The topological polar surface area (TPSA) is 29.9 Å². The molecule has 0 saturated heterocycles. The third-order valence-corrected chi connectivity index (χ3v) is 5.63. The van der Waals surface area contributed by atoms with Gasteiger partial charge in [0.25, 0.3) is 0 Å². The average Bonchev–Trinajstić information content (AvgIpc) is 3.06. The number of nitrogens with one attached hydrogen (secondary N) is 1. The van der Waals surface area contributed by atoms with Gasteiger partial charge in [-0.15, -0.1) is 0 Å². The van der Waals surface area contributed by atoms with Crippen LogP contribution in [0.3, 0.4) is 0 Å². The monoisotopic (exact) mass is 273 g/mol. The van der Waals surface area contributed by atoms with Crippen LogP contribution in [0.15, 0.2) is 0 Å². The molecule has 0 bridgehead atoms. The van der Waals surface area contributed by atoms with Crippen molar-refractivity contribution < 1.29 is 0 Å². The van der Waals surface area contributed by atoms with Gasteiger partial charge in [-0.2, -0.15) is 0 Å². The fourth-order valence-electron chi connectivity index (χ4n) is 4.19. The van der Waals surface area contributed by atoms with Gasteiger partial charge in [0.05, 0.1) is 5.69 Å². The average molecular weight is 273 g/mol. The summed E-state index contributed by atoms with van der Waals surface area (Å²) in [6, 6.07) is 0. The van der Waals surface area contributed by atoms with Crippen molar-refractivity contribution in [1.82, 2.24) is 14.9 Å². The van der Waals surface area contributed by atoms with Gasteiger partial charge in [0, 0.05) is 37.7 Å². The Bertz CT molecular complexity index is 481. The molecule has 2 aliphatic carbocycles. The lowest BCUT2D eigenvalue weighted by atomic mass is 10.0. The van der Waals surface area contributed by atoms with Crippen LogP contribution in [-0.4, -0.2) is 16.1 Å². The molecule has 1 unspecified atom stereocenters. The van der Waals surface area contributed by atoms with Crippen LogP contribution < -0.4 is 5.32 Å². The Labute approximate surface area is 122 Å². The van der Waals surface area contributed by atoms with Crippen molar-refractivity contribution in [3.63, 3.8) is 0 Å². The van der Waals surface area contributed by atoms with Crippen LogP contribution in [0.2, 0.25) is 0 Å². The van der Waals surface area contributed by atoms with E-state index in [1.54, 1.807) is 5.69 Å². The molecule has 20 heavy (non-hydrogen) atoms. The summed E-state index contributed by atoms with van der Waals surface area (Å²) in [5.41, 5.74) is 2.90. The maximum atomic E-state index is 5.07. The Morgan fingerprint density at radius 2 is 2.05 bits per heavy atom. The predicted octanol–water partition coefficient (Wildman–Crippen LogP) is 3.23. The maximum absolute atomic E-state index is 5.07. The zero-order chi connectivity index (χ0) is 13.5. The van der Waals surface area contributed by atoms with E-state index in [1.165, 1.54) is 63.0 Å². The molecule has 0 aromatic carbocycles. The molecule has 1 aromatic heterocycles. The summed E-state index contributed by atoms with van der Waals surface area (Å²) < 4.78 is 2.65. The molecule has 1 N–H and O–H groups in total. The van der Waals surface area contributed by atoms with Crippen molar-refractivity contribution in [2.45, 2.75) is 70.9 Å². The second kappa shape index (κ2) is 5.18. The normalized spacial score (nSPS) is 24.9. The number of imidazole rings is 1. The molecule has 110 valence electrons. The summed E-state index contributed by atoms with van der Waals surface area (Å²) in [4.78, 5) is 5.07. The third-order valence-electron chi connectivity index (χ3n) is 5.63. The smallest absolute Gasteiger partial charge is 0.112 e. The third kappa shape index (κ3) is 2.30. The first-order chi connectivity index (χ1) is 9.83. The van der Waals surface area contributed by atoms with E-state index in [1.807, 2.05) is 0 Å². The van der Waals surface area contributed by atoms with Gasteiger partial charge in [0.15, 0.2) is 0 Å². The quantitative estimate of drug-likeness (QED) is 0.912. The van der Waals surface area contributed by atoms with Gasteiger partial charge in [-0.25, -0.2) is 4.98 Å². The van der Waals surface area contributed by atoms with Crippen molar-refractivity contribution in [2.75, 3.05) is 6.54 Å². The molecular formula is C17H27N3. The highest BCUT2D eigenvalue weighted by Crippen LogP contribution is 2.40. The molecule has 0 amide bonds. The highest BCUT2D eigenvalue weighted by molar-refractivity contribution is 5.22. The van der Waals surface area contributed by atoms with Gasteiger partial charge >= 0.3 is 0 Å². The van der Waals surface area contributed by atoms with Gasteiger partial charge in [-0.05, 0) is 37.5 Å². The van der Waals surface area contributed by atoms with Crippen LogP contribution in [0.5, 0.6) is 0 Å². The minimum absolute atomic E-state index is 0.743. The fraction of sp³-hybridized carbons (Fsp3) is 0.824. The van der Waals surface area contributed by atoms with Gasteiger partial charge in [0.1, 0.15) is 5.82 Å². The Balaban J connectivity index is 1.66. The lowest BCUT2D eigenvalue weighted by Crippen LogP contribution is -2.26. The molecule has 3 nitrogen and oxygen atoms in total. The summed E-state index contributed by atoms with van der Waals surface area (Å²) in [5.74, 6) is 4.00. The van der Waals surface area contributed by atoms with Crippen molar-refractivity contribution in [1.29, 1.82) is 0 Å². The van der Waals surface area contributed by atoms with Gasteiger partial charge in [-0.1, -0.05) is 19.8 Å². The largest absolute Gasteiger partial charge is 0.331 e. The number of nitrogens with zero attached hydrogens (tertiary/aromatic N) is 2. The first kappa shape index (κ1) is 12.9. The van der Waals surface area contributed by atoms with Gasteiger partial charge in [-0.3, -0.25) is 0 Å². The first-order valence-corrected chi connectivity index (χ1v) is 8.62. The summed E-state index contributed by atoms with van der Waals surface area (Å²) in [7, 11) is 0. The predicted molar refractivity (Wildman–Crippen MR) is 80.7 cm³/mol. The number of hydrogen-bond acceptors (Lipinski definition) is 2. The fourth-order valence-corrected chi connectivity index (χ4v) is 4.19. The summed E-state index contributed by atoms with van der Waals surface area (Å²) >= 11 is 0. The molecule has 3 heteroatoms. The Hall–Kier alpha value is -0.830. The molecule has 0 radical (unpaired) electrons. The number of aromatic nitrogens is 2. The maximum Gasteiger partial charge on any atom is 0.112 e. The van der Waals surface area contributed by atoms with E-state index in [-0.39, 0.29) is 0 Å². The number of rotatable bonds is 4. The lowest BCUT2D eigenvalue weighted by Gasteiger charge is -2.21. The van der Waals surface area contributed by atoms with E-state index >= 15 is 0 Å². The zero-order valence-corrected chi connectivity index (χ0v) is 12.7. The Morgan fingerprint density at radius 1 is 1.25 bits per heavy atom. The van der Waals surface area contributed by atoms with Crippen molar-refractivity contribution in [3.05, 3.63) is 17.2 Å². The van der Waals surface area contributed by atoms with Crippen LogP contribution in [0, 0.1) is 11.8 Å². The minimum Gasteiger partial charge on any atom is -0.331 e. The Morgan fingerprint density at radius 3 is 2.80 bits per heavy atom. The van der Waals surface area contributed by atoms with E-state index in [0.717, 1.165) is 30.8 Å². The van der Waals surface area contributed by atoms with Crippen molar-refractivity contribution in [3.8, 4) is 0 Å². The minimum atomic E-state index is 0.743. The molecule has 1 aromatic rings. The van der Waals surface area contributed by atoms with Crippen LogP contribution in [0.25, 0.3) is 0 Å². The molecule has 2 saturated carbocycles. The number of hydrogen-bond donors (Lipinski definition) is 1. The first-order valence-electron chi connectivity index (χ1n) is 8.62. The van der Waals surface area contributed by atoms with Crippen molar-refractivity contribution >= 4 is 0 Å². The summed E-state index contributed by atoms with van der Waals surface area (Å²) in [6.07, 6.45) is 9.61. The van der Waals surface area contributed by atoms with E-state index in [4.69, 9.17) is 4.98 Å². The Kier molecular flexibility index (Phi) is 3.33. The second-order valence-corrected chi connectivity index (χ2v) is 7.20. The second-order valence-electron chi connectivity index (χ2n) is 7.20. The lowest BCUT2D eigenvalue weighted by molar-refractivity contribution is 0.404. The molecular weight excluding hydrogens is 246 g/mol. The molecule has 4 rings (SSSR count). The molecule has 2 heterocycles. The molecule has 1 aliphatic heterocycles. The van der Waals surface area contributed by atoms with Crippen LogP contribution in [0.4, 0.5) is 0 Å². The van der Waals surface area contributed by atoms with Crippen LogP contribution >= 0.6 is 0 Å². The highest BCUT2D eigenvalue weighted by Gasteiger charge is 2.32. The highest BCUT2D eigenvalue weighted by atomic mass is 15.1. The summed E-state index contributed by atoms with van der Waals surface area (Å²) in [5, 5.41) is 3.48. The number of fused-ring (bicyclic) bond motifs is 1. The van der Waals surface area contributed by atoms with Crippen LogP contribution in [-0.2, 0) is 19.5 Å². The van der Waals surface area contributed by atoms with E-state index in [0.29, 0.717) is 0 Å². The van der Waals surface area contributed by atoms with Crippen molar-refractivity contribution in [2.24, 2.45) is 11.8 Å². The summed E-state index contributed by atoms with van der Waals surface area (Å²) in [6.45, 7) is 5.78.